The Morgan fingerprint density at radius 2 is 0.885 bits per heavy atom. The van der Waals surface area contributed by atoms with Gasteiger partial charge in [-0.25, -0.2) is 0 Å². The van der Waals surface area contributed by atoms with Gasteiger partial charge in [-0.1, -0.05) is 96.9 Å². The van der Waals surface area contributed by atoms with Gasteiger partial charge in [-0.15, -0.1) is 0 Å². The van der Waals surface area contributed by atoms with Crippen molar-refractivity contribution in [3.8, 4) is 0 Å². The molecule has 0 saturated carbocycles. The lowest BCUT2D eigenvalue weighted by Crippen LogP contribution is -2.63. The average molecular weight is 1230 g/mol. The summed E-state index contributed by atoms with van der Waals surface area (Å²) in [6, 6.07) is -12.6. The van der Waals surface area contributed by atoms with Crippen molar-refractivity contribution in [2.24, 2.45) is 41.4 Å². The first-order valence-corrected chi connectivity index (χ1v) is 31.3. The SMILES string of the molecule is CC[C@@H]1NC(=O)C(C(O)C(C)CCCC(C)=O)N(C)C(=O)[C@H](C(C)C)N(C)C(=O)[C@H](CC(C)C)N(C)C(=O)[C@H](CC(C)C)N(C)C(=O)[C@@H](C)NC(=O)[C@H](C)NC(=O)[C@H](CC(C)C)N(C)C(=O)[C@H](C(C)C)NC(=O)[C@H](CC(C)C)N(C)C(=O)CN(C)C1=O. The fourth-order valence-electron chi connectivity index (χ4n) is 11.0. The van der Waals surface area contributed by atoms with Gasteiger partial charge < -0.3 is 65.5 Å². The fourth-order valence-corrected chi connectivity index (χ4v) is 11.0. The minimum absolute atomic E-state index is 0.00487. The van der Waals surface area contributed by atoms with Gasteiger partial charge in [0.2, 0.25) is 65.0 Å². The molecule has 0 aromatic carbocycles. The first-order chi connectivity index (χ1) is 40.1. The van der Waals surface area contributed by atoms with Crippen LogP contribution in [0.25, 0.3) is 0 Å². The van der Waals surface area contributed by atoms with Crippen LogP contribution in [0.5, 0.6) is 0 Å². The maximum absolute atomic E-state index is 15.2. The van der Waals surface area contributed by atoms with E-state index in [0.717, 1.165) is 9.80 Å². The fraction of sp³-hybridized carbons (Fsp3) is 0.810. The van der Waals surface area contributed by atoms with Gasteiger partial charge in [0.25, 0.3) is 0 Å². The van der Waals surface area contributed by atoms with E-state index in [-0.39, 0.29) is 74.4 Å². The second-order valence-electron chi connectivity index (χ2n) is 26.9. The van der Waals surface area contributed by atoms with Crippen molar-refractivity contribution in [1.82, 2.24) is 55.6 Å². The van der Waals surface area contributed by atoms with Gasteiger partial charge in [-0.3, -0.25) is 52.7 Å². The number of aliphatic hydroxyl groups is 1. The largest absolute Gasteiger partial charge is 0.390 e. The van der Waals surface area contributed by atoms with E-state index < -0.39 is 156 Å². The number of nitrogens with zero attached hydrogens (tertiary/aromatic N) is 7. The lowest BCUT2D eigenvalue weighted by atomic mass is 9.90. The highest BCUT2D eigenvalue weighted by Crippen LogP contribution is 2.26. The summed E-state index contributed by atoms with van der Waals surface area (Å²) in [5, 5.41) is 23.1. The highest BCUT2D eigenvalue weighted by Gasteiger charge is 2.46. The summed E-state index contributed by atoms with van der Waals surface area (Å²) in [4.78, 5) is 181. The molecule has 1 aliphatic heterocycles. The number of Topliss-reactive ketones (excluding diaryl/α,β-unsaturated/α-hetero) is 1. The van der Waals surface area contributed by atoms with Crippen molar-refractivity contribution >= 4 is 70.8 Å². The van der Waals surface area contributed by atoms with Gasteiger partial charge in [0, 0.05) is 55.8 Å². The predicted molar refractivity (Wildman–Crippen MR) is 334 cm³/mol. The van der Waals surface area contributed by atoms with Gasteiger partial charge in [0.05, 0.1) is 12.6 Å². The molecule has 0 bridgehead atoms. The molecule has 24 heteroatoms. The normalized spacial score (nSPS) is 26.4. The Morgan fingerprint density at radius 3 is 1.33 bits per heavy atom. The van der Waals surface area contributed by atoms with Crippen molar-refractivity contribution in [1.29, 1.82) is 0 Å². The molecule has 24 nitrogen and oxygen atoms in total. The number of rotatable bonds is 17. The Kier molecular flexibility index (Phi) is 32.3. The summed E-state index contributed by atoms with van der Waals surface area (Å²) in [5.74, 6) is -10.2. The van der Waals surface area contributed by atoms with Gasteiger partial charge in [-0.05, 0) is 107 Å². The molecule has 1 rings (SSSR count). The number of amides is 11. The van der Waals surface area contributed by atoms with Gasteiger partial charge >= 0.3 is 0 Å². The molecule has 1 saturated heterocycles. The third-order valence-corrected chi connectivity index (χ3v) is 16.5. The molecule has 1 aliphatic rings. The number of carbonyl (C=O) groups is 12. The standard InChI is InChI=1S/C63H113N11O13/c1-25-44-59(83)68(18)33-49(76)69(19)45(29-34(2)3)56(80)67-50(38(10)11)62(86)70(20)46(30-35(4)5)55(79)64-42(16)54(78)65-43(17)58(82)71(21)47(31-36(6)7)60(84)72(22)48(32-37(8)9)61(85)73(23)51(39(12)13)63(87)74(24)52(57(81)66-44)53(77)40(14)27-26-28-41(15)75/h34-40,42-48,50-53,77H,25-33H2,1-24H3,(H,64,79)(H,65,78)(H,66,81)(H,67,80)/t40?,42-,43+,44-,45-,46-,47-,48-,50-,51-,52?,53?/m0/s1. The quantitative estimate of drug-likeness (QED) is 0.140. The molecule has 12 atom stereocenters. The Labute approximate surface area is 520 Å². The van der Waals surface area contributed by atoms with Crippen LogP contribution in [0.3, 0.4) is 0 Å². The number of likely N-dealkylation sites (N-methyl/N-ethyl adjacent to an activating group) is 7. The highest BCUT2D eigenvalue weighted by atomic mass is 16.3. The molecule has 1 fully saturated rings. The lowest BCUT2D eigenvalue weighted by Gasteiger charge is -2.41. The van der Waals surface area contributed by atoms with Crippen LogP contribution in [0.15, 0.2) is 0 Å². The molecule has 0 spiro atoms. The van der Waals surface area contributed by atoms with Crippen LogP contribution < -0.4 is 21.3 Å². The van der Waals surface area contributed by atoms with E-state index in [2.05, 4.69) is 21.3 Å². The maximum atomic E-state index is 15.2. The number of hydrogen-bond donors (Lipinski definition) is 5. The molecule has 3 unspecified atom stereocenters. The molecule has 1 heterocycles. The monoisotopic (exact) mass is 1230 g/mol. The molecule has 87 heavy (non-hydrogen) atoms. The van der Waals surface area contributed by atoms with Crippen LogP contribution >= 0.6 is 0 Å². The van der Waals surface area contributed by atoms with E-state index in [9.17, 15) is 53.1 Å². The highest BCUT2D eigenvalue weighted by molar-refractivity contribution is 5.99. The zero-order valence-electron chi connectivity index (χ0n) is 57.2. The molecule has 498 valence electrons. The van der Waals surface area contributed by atoms with E-state index in [1.54, 1.807) is 41.5 Å². The van der Waals surface area contributed by atoms with Gasteiger partial charge in [-0.2, -0.15) is 0 Å². The Hall–Kier alpha value is -6.20. The average Bonchev–Trinajstić information content (AvgIpc) is 1.19. The molecule has 0 aromatic heterocycles. The zero-order valence-corrected chi connectivity index (χ0v) is 57.2. The third-order valence-electron chi connectivity index (χ3n) is 16.5. The first kappa shape index (κ1) is 78.8. The van der Waals surface area contributed by atoms with Gasteiger partial charge in [0.1, 0.15) is 66.2 Å². The first-order valence-electron chi connectivity index (χ1n) is 31.3. The Morgan fingerprint density at radius 1 is 0.471 bits per heavy atom. The second-order valence-corrected chi connectivity index (χ2v) is 26.9. The van der Waals surface area contributed by atoms with E-state index in [1.807, 2.05) is 55.4 Å². The van der Waals surface area contributed by atoms with E-state index in [0.29, 0.717) is 6.42 Å². The van der Waals surface area contributed by atoms with Crippen molar-refractivity contribution in [3.63, 3.8) is 0 Å². The van der Waals surface area contributed by atoms with E-state index >= 15 is 9.59 Å². The lowest BCUT2D eigenvalue weighted by molar-refractivity contribution is -0.157. The number of aliphatic hydroxyl groups excluding tert-OH is 1. The summed E-state index contributed by atoms with van der Waals surface area (Å²) in [5.41, 5.74) is 0. The van der Waals surface area contributed by atoms with Crippen LogP contribution in [0.4, 0.5) is 0 Å². The van der Waals surface area contributed by atoms with E-state index in [4.69, 9.17) is 0 Å². The summed E-state index contributed by atoms with van der Waals surface area (Å²) in [7, 11) is 9.81. The maximum Gasteiger partial charge on any atom is 0.246 e. The summed E-state index contributed by atoms with van der Waals surface area (Å²) >= 11 is 0. The minimum atomic E-state index is -1.67. The molecular weight excluding hydrogens is 1120 g/mol. The van der Waals surface area contributed by atoms with Crippen molar-refractivity contribution < 1.29 is 62.6 Å². The Bertz CT molecular complexity index is 2380. The number of nitrogens with one attached hydrogen (secondary N) is 4. The van der Waals surface area contributed by atoms with Crippen LogP contribution in [-0.4, -0.2) is 233 Å². The van der Waals surface area contributed by atoms with Crippen LogP contribution in [-0.2, 0) is 57.5 Å². The number of ketones is 1. The summed E-state index contributed by atoms with van der Waals surface area (Å²) in [6.07, 6.45) is -0.173. The number of carbonyl (C=O) groups excluding carboxylic acids is 12. The smallest absolute Gasteiger partial charge is 0.246 e. The number of hydrogen-bond acceptors (Lipinski definition) is 13. The van der Waals surface area contributed by atoms with Crippen molar-refractivity contribution in [3.05, 3.63) is 0 Å². The summed E-state index contributed by atoms with van der Waals surface area (Å²) in [6.45, 7) is 28.8. The van der Waals surface area contributed by atoms with Crippen LogP contribution in [0, 0.1) is 41.4 Å². The Balaban J connectivity index is 4.34. The van der Waals surface area contributed by atoms with Crippen molar-refractivity contribution in [2.45, 2.75) is 236 Å². The zero-order chi connectivity index (χ0) is 67.6. The summed E-state index contributed by atoms with van der Waals surface area (Å²) < 4.78 is 0. The third kappa shape index (κ3) is 22.7. The van der Waals surface area contributed by atoms with Crippen molar-refractivity contribution in [2.75, 3.05) is 55.9 Å². The molecule has 0 radical (unpaired) electrons. The molecule has 0 aliphatic carbocycles. The molecule has 5 N–H and O–H groups in total. The van der Waals surface area contributed by atoms with Crippen LogP contribution in [0.2, 0.25) is 0 Å². The van der Waals surface area contributed by atoms with E-state index in [1.165, 1.54) is 94.6 Å². The second kappa shape index (κ2) is 35.7. The minimum Gasteiger partial charge on any atom is -0.390 e. The van der Waals surface area contributed by atoms with Crippen LogP contribution in [0.1, 0.15) is 169 Å². The molecule has 0 aromatic rings. The molecule has 11 amide bonds. The van der Waals surface area contributed by atoms with Gasteiger partial charge in [0.15, 0.2) is 0 Å². The predicted octanol–water partition coefficient (Wildman–Crippen LogP) is 3.06. The molecular formula is C63H113N11O13. The topological polar surface area (TPSA) is 296 Å².